The van der Waals surface area contributed by atoms with E-state index in [2.05, 4.69) is 10.3 Å². The van der Waals surface area contributed by atoms with Crippen LogP contribution in [0.4, 0.5) is 5.82 Å². The topological polar surface area (TPSA) is 62.2 Å². The molecule has 0 fully saturated rings. The van der Waals surface area contributed by atoms with Crippen LogP contribution in [0.5, 0.6) is 0 Å². The molecule has 0 aromatic carbocycles. The third kappa shape index (κ3) is 2.83. The molecular weight excluding hydrogens is 156 g/mol. The van der Waals surface area contributed by atoms with E-state index in [0.29, 0.717) is 5.82 Å². The highest BCUT2D eigenvalue weighted by molar-refractivity contribution is 5.80. The highest BCUT2D eigenvalue weighted by Gasteiger charge is 1.86. The Morgan fingerprint density at radius 3 is 3.00 bits per heavy atom. The number of aromatic nitrogens is 1. The molecule has 0 spiro atoms. The fourth-order valence-corrected chi connectivity index (χ4v) is 0.646. The van der Waals surface area contributed by atoms with E-state index in [-0.39, 0.29) is 0 Å². The Bertz CT molecular complexity index is 282. The van der Waals surface area contributed by atoms with E-state index in [1.807, 2.05) is 6.07 Å². The number of carboxylic acid groups (broad SMARTS) is 1. The summed E-state index contributed by atoms with van der Waals surface area (Å²) in [6.07, 6.45) is 3.95. The Morgan fingerprint density at radius 2 is 2.42 bits per heavy atom. The number of carboxylic acids is 1. The Hall–Kier alpha value is -1.84. The molecule has 0 aliphatic carbocycles. The lowest BCUT2D eigenvalue weighted by molar-refractivity contribution is -0.131. The average Bonchev–Trinajstić information content (AvgIpc) is 2.05. The fourth-order valence-electron chi connectivity index (χ4n) is 0.646. The molecule has 2 N–H and O–H groups in total. The first-order valence-electron chi connectivity index (χ1n) is 3.36. The summed E-state index contributed by atoms with van der Waals surface area (Å²) in [7, 11) is 0. The molecule has 1 rings (SSSR count). The molecule has 0 saturated carbocycles. The Morgan fingerprint density at radius 1 is 1.58 bits per heavy atom. The number of nitrogens with zero attached hydrogens (tertiary/aromatic N) is 1. The van der Waals surface area contributed by atoms with Crippen LogP contribution in [0, 0.1) is 0 Å². The minimum atomic E-state index is -0.988. The van der Waals surface area contributed by atoms with Crippen molar-refractivity contribution < 1.29 is 9.90 Å². The van der Waals surface area contributed by atoms with Crippen LogP contribution in [-0.4, -0.2) is 16.1 Å². The number of pyridine rings is 1. The second kappa shape index (κ2) is 4.12. The summed E-state index contributed by atoms with van der Waals surface area (Å²) >= 11 is 0. The van der Waals surface area contributed by atoms with Crippen molar-refractivity contribution >= 4 is 11.8 Å². The zero-order valence-corrected chi connectivity index (χ0v) is 6.27. The van der Waals surface area contributed by atoms with Crippen molar-refractivity contribution in [2.75, 3.05) is 5.32 Å². The van der Waals surface area contributed by atoms with Crippen LogP contribution < -0.4 is 5.32 Å². The lowest BCUT2D eigenvalue weighted by atomic mass is 10.5. The molecule has 1 aromatic rings. The molecule has 0 amide bonds. The first kappa shape index (κ1) is 8.26. The van der Waals surface area contributed by atoms with E-state index >= 15 is 0 Å². The van der Waals surface area contributed by atoms with E-state index in [4.69, 9.17) is 5.11 Å². The van der Waals surface area contributed by atoms with Crippen molar-refractivity contribution in [1.29, 1.82) is 0 Å². The molecule has 0 radical (unpaired) electrons. The van der Waals surface area contributed by atoms with E-state index in [1.54, 1.807) is 18.3 Å². The van der Waals surface area contributed by atoms with Gasteiger partial charge in [-0.25, -0.2) is 9.78 Å². The summed E-state index contributed by atoms with van der Waals surface area (Å²) in [5.41, 5.74) is 0. The SMILES string of the molecule is O=C(O)/C=C\Nc1ccccn1. The predicted octanol–water partition coefficient (Wildman–Crippen LogP) is 1.09. The van der Waals surface area contributed by atoms with Gasteiger partial charge in [0.2, 0.25) is 0 Å². The number of nitrogens with one attached hydrogen (secondary N) is 1. The predicted molar refractivity (Wildman–Crippen MR) is 44.6 cm³/mol. The third-order valence-electron chi connectivity index (χ3n) is 1.12. The van der Waals surface area contributed by atoms with Gasteiger partial charge in [0, 0.05) is 18.5 Å². The van der Waals surface area contributed by atoms with Gasteiger partial charge in [-0.05, 0) is 12.1 Å². The molecule has 4 nitrogen and oxygen atoms in total. The maximum absolute atomic E-state index is 10.0. The minimum absolute atomic E-state index is 0.620. The number of hydrogen-bond acceptors (Lipinski definition) is 3. The quantitative estimate of drug-likeness (QED) is 0.656. The number of carbonyl (C=O) groups is 1. The van der Waals surface area contributed by atoms with Gasteiger partial charge in [0.15, 0.2) is 0 Å². The van der Waals surface area contributed by atoms with Gasteiger partial charge in [-0.3, -0.25) is 0 Å². The van der Waals surface area contributed by atoms with Gasteiger partial charge in [-0.15, -0.1) is 0 Å². The summed E-state index contributed by atoms with van der Waals surface area (Å²) in [5.74, 6) is -0.367. The van der Waals surface area contributed by atoms with Gasteiger partial charge < -0.3 is 10.4 Å². The smallest absolute Gasteiger partial charge is 0.329 e. The Labute approximate surface area is 69.6 Å². The molecule has 4 heteroatoms. The number of rotatable bonds is 3. The van der Waals surface area contributed by atoms with Crippen LogP contribution in [0.25, 0.3) is 0 Å². The molecule has 1 aromatic heterocycles. The standard InChI is InChI=1S/C8H8N2O2/c11-8(12)4-6-10-7-3-1-2-5-9-7/h1-6H,(H,9,10)(H,11,12)/b6-4-. The molecule has 12 heavy (non-hydrogen) atoms. The summed E-state index contributed by atoms with van der Waals surface area (Å²) in [6.45, 7) is 0. The van der Waals surface area contributed by atoms with Crippen molar-refractivity contribution in [3.05, 3.63) is 36.7 Å². The van der Waals surface area contributed by atoms with Crippen molar-refractivity contribution in [2.45, 2.75) is 0 Å². The Kier molecular flexibility index (Phi) is 2.84. The molecule has 62 valence electrons. The molecule has 0 saturated heterocycles. The third-order valence-corrected chi connectivity index (χ3v) is 1.12. The Balaban J connectivity index is 2.49. The van der Waals surface area contributed by atoms with Crippen molar-refractivity contribution in [3.8, 4) is 0 Å². The first-order valence-corrected chi connectivity index (χ1v) is 3.36. The molecule has 0 atom stereocenters. The van der Waals surface area contributed by atoms with Crippen molar-refractivity contribution in [2.24, 2.45) is 0 Å². The summed E-state index contributed by atoms with van der Waals surface area (Å²) in [4.78, 5) is 14.0. The van der Waals surface area contributed by atoms with Gasteiger partial charge in [0.1, 0.15) is 5.82 Å². The van der Waals surface area contributed by atoms with Crippen molar-refractivity contribution in [3.63, 3.8) is 0 Å². The zero-order valence-electron chi connectivity index (χ0n) is 6.27. The molecule has 0 aliphatic rings. The van der Waals surface area contributed by atoms with Crippen LogP contribution >= 0.6 is 0 Å². The van der Waals surface area contributed by atoms with Gasteiger partial charge >= 0.3 is 5.97 Å². The largest absolute Gasteiger partial charge is 0.478 e. The lowest BCUT2D eigenvalue weighted by Crippen LogP contribution is -1.93. The van der Waals surface area contributed by atoms with Gasteiger partial charge in [-0.1, -0.05) is 6.07 Å². The normalized spacial score (nSPS) is 10.0. The molecule has 0 aliphatic heterocycles. The van der Waals surface area contributed by atoms with Crippen molar-refractivity contribution in [1.82, 2.24) is 4.98 Å². The molecule has 0 unspecified atom stereocenters. The van der Waals surface area contributed by atoms with Gasteiger partial charge in [0.25, 0.3) is 0 Å². The molecule has 0 bridgehead atoms. The van der Waals surface area contributed by atoms with Gasteiger partial charge in [-0.2, -0.15) is 0 Å². The maximum atomic E-state index is 10.0. The minimum Gasteiger partial charge on any atom is -0.478 e. The molecule has 1 heterocycles. The van der Waals surface area contributed by atoms with E-state index in [1.165, 1.54) is 6.20 Å². The van der Waals surface area contributed by atoms with Crippen LogP contribution in [0.15, 0.2) is 36.7 Å². The maximum Gasteiger partial charge on any atom is 0.329 e. The first-order chi connectivity index (χ1) is 5.79. The number of hydrogen-bond donors (Lipinski definition) is 2. The summed E-state index contributed by atoms with van der Waals surface area (Å²) in [6, 6.07) is 5.34. The average molecular weight is 164 g/mol. The lowest BCUT2D eigenvalue weighted by Gasteiger charge is -1.95. The van der Waals surface area contributed by atoms with E-state index in [0.717, 1.165) is 6.08 Å². The fraction of sp³-hybridized carbons (Fsp3) is 0. The monoisotopic (exact) mass is 164 g/mol. The second-order valence-electron chi connectivity index (χ2n) is 2.03. The van der Waals surface area contributed by atoms with Crippen LogP contribution in [0.3, 0.4) is 0 Å². The zero-order chi connectivity index (χ0) is 8.81. The van der Waals surface area contributed by atoms with E-state index in [9.17, 15) is 4.79 Å². The molecular formula is C8H8N2O2. The second-order valence-corrected chi connectivity index (χ2v) is 2.03. The number of anilines is 1. The summed E-state index contributed by atoms with van der Waals surface area (Å²) in [5, 5.41) is 10.9. The summed E-state index contributed by atoms with van der Waals surface area (Å²) < 4.78 is 0. The highest BCUT2D eigenvalue weighted by Crippen LogP contribution is 1.98. The van der Waals surface area contributed by atoms with E-state index < -0.39 is 5.97 Å². The van der Waals surface area contributed by atoms with Gasteiger partial charge in [0.05, 0.1) is 0 Å². The number of aliphatic carboxylic acids is 1. The highest BCUT2D eigenvalue weighted by atomic mass is 16.4. The van der Waals surface area contributed by atoms with Crippen LogP contribution in [-0.2, 0) is 4.79 Å². The van der Waals surface area contributed by atoms with Crippen LogP contribution in [0.1, 0.15) is 0 Å². The van der Waals surface area contributed by atoms with Crippen LogP contribution in [0.2, 0.25) is 0 Å².